The lowest BCUT2D eigenvalue weighted by Gasteiger charge is -2.32. The van der Waals surface area contributed by atoms with Gasteiger partial charge in [-0.1, -0.05) is 45.6 Å². The first-order valence-corrected chi connectivity index (χ1v) is 12.8. The molecule has 4 atom stereocenters. The number of methoxy groups -OCH3 is 1. The number of hydrogen-bond acceptors (Lipinski definition) is 4. The summed E-state index contributed by atoms with van der Waals surface area (Å²) in [5.41, 5.74) is 2.78. The van der Waals surface area contributed by atoms with Gasteiger partial charge < -0.3 is 20.5 Å². The Balaban J connectivity index is 1.62. The van der Waals surface area contributed by atoms with Crippen molar-refractivity contribution in [2.75, 3.05) is 13.7 Å². The number of aromatic carboxylic acids is 1. The van der Waals surface area contributed by atoms with Crippen LogP contribution in [-0.2, 0) is 4.79 Å². The predicted octanol–water partition coefficient (Wildman–Crippen LogP) is 5.01. The number of benzene rings is 2. The highest BCUT2D eigenvalue weighted by molar-refractivity contribution is 6.00. The molecular weight excluding hydrogens is 468 g/mol. The molecule has 3 N–H and O–H groups in total. The molecule has 7 nitrogen and oxygen atoms in total. The van der Waals surface area contributed by atoms with E-state index in [0.29, 0.717) is 17.9 Å². The van der Waals surface area contributed by atoms with Gasteiger partial charge in [0.1, 0.15) is 5.75 Å². The molecule has 37 heavy (non-hydrogen) atoms. The number of rotatable bonds is 8. The molecule has 0 aliphatic heterocycles. The van der Waals surface area contributed by atoms with Gasteiger partial charge in [-0.15, -0.1) is 0 Å². The molecule has 2 aromatic carbocycles. The zero-order chi connectivity index (χ0) is 26.9. The molecule has 4 rings (SSSR count). The number of fused-ring (bicyclic) bond motifs is 2. The highest BCUT2D eigenvalue weighted by atomic mass is 16.5. The van der Waals surface area contributed by atoms with Gasteiger partial charge in [-0.25, -0.2) is 4.79 Å². The third-order valence-corrected chi connectivity index (χ3v) is 7.59. The van der Waals surface area contributed by atoms with Crippen molar-refractivity contribution >= 4 is 23.9 Å². The van der Waals surface area contributed by atoms with E-state index in [0.717, 1.165) is 36.0 Å². The van der Waals surface area contributed by atoms with Crippen LogP contribution in [0.3, 0.4) is 0 Å². The molecule has 0 aromatic heterocycles. The molecule has 2 fully saturated rings. The van der Waals surface area contributed by atoms with E-state index >= 15 is 0 Å². The summed E-state index contributed by atoms with van der Waals surface area (Å²) in [6, 6.07) is 9.78. The van der Waals surface area contributed by atoms with Crippen LogP contribution in [0.25, 0.3) is 17.2 Å². The van der Waals surface area contributed by atoms with Gasteiger partial charge in [0, 0.05) is 12.6 Å². The van der Waals surface area contributed by atoms with Crippen molar-refractivity contribution in [3.63, 3.8) is 0 Å². The van der Waals surface area contributed by atoms with Gasteiger partial charge in [0.2, 0.25) is 5.91 Å². The van der Waals surface area contributed by atoms with Crippen LogP contribution in [0.5, 0.6) is 5.75 Å². The number of carbonyl (C=O) groups excluding carboxylic acids is 2. The second-order valence-electron chi connectivity index (χ2n) is 11.4. The minimum absolute atomic E-state index is 0.0144. The average Bonchev–Trinajstić information content (AvgIpc) is 3.48. The van der Waals surface area contributed by atoms with Crippen molar-refractivity contribution < 1.29 is 24.2 Å². The maximum atomic E-state index is 13.6. The minimum Gasteiger partial charge on any atom is -0.496 e. The number of ether oxygens (including phenoxy) is 1. The maximum Gasteiger partial charge on any atom is 0.335 e. The second kappa shape index (κ2) is 10.4. The molecule has 2 aliphatic rings. The van der Waals surface area contributed by atoms with Crippen LogP contribution >= 0.6 is 0 Å². The Morgan fingerprint density at radius 1 is 1.11 bits per heavy atom. The summed E-state index contributed by atoms with van der Waals surface area (Å²) >= 11 is 0. The second-order valence-corrected chi connectivity index (χ2v) is 11.4. The van der Waals surface area contributed by atoms with Gasteiger partial charge in [0.05, 0.1) is 24.2 Å². The molecule has 0 heterocycles. The van der Waals surface area contributed by atoms with E-state index in [1.54, 1.807) is 30.3 Å². The van der Waals surface area contributed by atoms with Crippen LogP contribution in [0.15, 0.2) is 43.0 Å². The third-order valence-electron chi connectivity index (χ3n) is 7.59. The van der Waals surface area contributed by atoms with Gasteiger partial charge in [-0.2, -0.15) is 0 Å². The minimum atomic E-state index is -1.00. The van der Waals surface area contributed by atoms with Crippen LogP contribution < -0.4 is 15.4 Å². The van der Waals surface area contributed by atoms with Crippen LogP contribution in [0, 0.1) is 23.2 Å². The molecule has 2 saturated carbocycles. The van der Waals surface area contributed by atoms with Gasteiger partial charge in [-0.3, -0.25) is 9.59 Å². The Hall–Kier alpha value is -3.61. The molecule has 0 unspecified atom stereocenters. The van der Waals surface area contributed by atoms with Crippen molar-refractivity contribution in [1.82, 2.24) is 10.6 Å². The van der Waals surface area contributed by atoms with Crippen LogP contribution in [0.1, 0.15) is 66.3 Å². The molecule has 0 spiro atoms. The molecule has 196 valence electrons. The van der Waals surface area contributed by atoms with Crippen LogP contribution in [0.2, 0.25) is 0 Å². The largest absolute Gasteiger partial charge is 0.496 e. The quantitative estimate of drug-likeness (QED) is 0.469. The molecule has 2 amide bonds. The van der Waals surface area contributed by atoms with E-state index in [2.05, 4.69) is 38.0 Å². The van der Waals surface area contributed by atoms with Crippen molar-refractivity contribution in [3.8, 4) is 16.9 Å². The summed E-state index contributed by atoms with van der Waals surface area (Å²) in [7, 11) is 1.51. The first kappa shape index (κ1) is 26.5. The Bertz CT molecular complexity index is 1210. The highest BCUT2D eigenvalue weighted by Gasteiger charge is 2.51. The first-order valence-electron chi connectivity index (χ1n) is 12.8. The molecule has 0 saturated heterocycles. The number of carboxylic acids is 1. The van der Waals surface area contributed by atoms with Gasteiger partial charge in [0.15, 0.2) is 0 Å². The van der Waals surface area contributed by atoms with E-state index < -0.39 is 5.97 Å². The molecule has 7 heteroatoms. The van der Waals surface area contributed by atoms with Crippen LogP contribution in [-0.4, -0.2) is 42.6 Å². The highest BCUT2D eigenvalue weighted by Crippen LogP contribution is 2.49. The van der Waals surface area contributed by atoms with Crippen molar-refractivity contribution in [1.29, 1.82) is 0 Å². The van der Waals surface area contributed by atoms with Gasteiger partial charge >= 0.3 is 5.97 Å². The van der Waals surface area contributed by atoms with Gasteiger partial charge in [-0.05, 0) is 77.5 Å². The fourth-order valence-corrected chi connectivity index (χ4v) is 5.73. The number of hydrogen-bond donors (Lipinski definition) is 3. The lowest BCUT2D eigenvalue weighted by molar-refractivity contribution is -0.127. The van der Waals surface area contributed by atoms with E-state index in [1.807, 2.05) is 0 Å². The van der Waals surface area contributed by atoms with E-state index in [4.69, 9.17) is 4.74 Å². The number of nitrogens with one attached hydrogen (secondary N) is 2. The van der Waals surface area contributed by atoms with E-state index in [9.17, 15) is 19.5 Å². The first-order chi connectivity index (χ1) is 17.5. The van der Waals surface area contributed by atoms with Crippen molar-refractivity contribution in [3.05, 3.63) is 59.7 Å². The standard InChI is InChI=1S/C30H36N2O5/c1-6-17-14-24(37-5)23(15-22(17)18-7-9-19(10-8-18)29(35)36)27(33)32-26-21-12-11-20(13-21)25(26)28(34)31-16-30(2,3)4/h6-10,14-15,20-21,25-26H,1,11-13,16H2,2-5H3,(H,31,34)(H,32,33)(H,35,36)/t20-,21+,25+,26-/m1/s1. The van der Waals surface area contributed by atoms with E-state index in [1.165, 1.54) is 19.2 Å². The fraction of sp³-hybridized carbons (Fsp3) is 0.433. The van der Waals surface area contributed by atoms with Crippen LogP contribution in [0.4, 0.5) is 0 Å². The Kier molecular flexibility index (Phi) is 7.44. The number of carboxylic acid groups (broad SMARTS) is 1. The fourth-order valence-electron chi connectivity index (χ4n) is 5.73. The predicted molar refractivity (Wildman–Crippen MR) is 144 cm³/mol. The zero-order valence-corrected chi connectivity index (χ0v) is 22.0. The number of carbonyl (C=O) groups is 3. The normalized spacial score (nSPS) is 22.4. The SMILES string of the molecule is C=Cc1cc(OC)c(C(=O)N[C@@H]2[C@H]3CC[C@H](C3)[C@@H]2C(=O)NCC(C)(C)C)cc1-c1ccc(C(=O)O)cc1. The number of amides is 2. The average molecular weight is 505 g/mol. The summed E-state index contributed by atoms with van der Waals surface area (Å²) in [6.07, 6.45) is 4.65. The molecule has 2 aliphatic carbocycles. The summed E-state index contributed by atoms with van der Waals surface area (Å²) in [5, 5.41) is 15.5. The molecular formula is C30H36N2O5. The zero-order valence-electron chi connectivity index (χ0n) is 22.0. The molecule has 2 bridgehead atoms. The summed E-state index contributed by atoms with van der Waals surface area (Å²) in [4.78, 5) is 38.1. The molecule has 2 aromatic rings. The maximum absolute atomic E-state index is 13.6. The summed E-state index contributed by atoms with van der Waals surface area (Å²) in [6.45, 7) is 10.7. The lowest BCUT2D eigenvalue weighted by atomic mass is 9.83. The smallest absolute Gasteiger partial charge is 0.335 e. The third kappa shape index (κ3) is 5.55. The Morgan fingerprint density at radius 3 is 2.38 bits per heavy atom. The van der Waals surface area contributed by atoms with Crippen molar-refractivity contribution in [2.45, 2.75) is 46.1 Å². The lowest BCUT2D eigenvalue weighted by Crippen LogP contribution is -2.50. The molecule has 0 radical (unpaired) electrons. The monoisotopic (exact) mass is 504 g/mol. The topological polar surface area (TPSA) is 105 Å². The van der Waals surface area contributed by atoms with Gasteiger partial charge in [0.25, 0.3) is 5.91 Å². The Labute approximate surface area is 218 Å². The summed E-state index contributed by atoms with van der Waals surface area (Å²) in [5.74, 6) is -0.550. The van der Waals surface area contributed by atoms with E-state index in [-0.39, 0.29) is 46.6 Å². The Morgan fingerprint density at radius 2 is 1.78 bits per heavy atom. The van der Waals surface area contributed by atoms with Crippen molar-refractivity contribution in [2.24, 2.45) is 23.2 Å². The summed E-state index contributed by atoms with van der Waals surface area (Å²) < 4.78 is 5.56.